The molecule has 0 aromatic carbocycles. The highest BCUT2D eigenvalue weighted by Crippen LogP contribution is 2.15. The fourth-order valence-corrected chi connectivity index (χ4v) is 1.35. The highest BCUT2D eigenvalue weighted by Gasteiger charge is 2.06. The van der Waals surface area contributed by atoms with E-state index in [2.05, 4.69) is 25.6 Å². The van der Waals surface area contributed by atoms with Gasteiger partial charge in [-0.15, -0.1) is 10.2 Å². The zero-order valence-electron chi connectivity index (χ0n) is 10.7. The fourth-order valence-electron chi connectivity index (χ4n) is 1.35. The van der Waals surface area contributed by atoms with Crippen molar-refractivity contribution in [3.63, 3.8) is 0 Å². The Morgan fingerprint density at radius 1 is 1.52 bits per heavy atom. The molecule has 0 unspecified atom stereocenters. The van der Waals surface area contributed by atoms with Gasteiger partial charge in [-0.05, 0) is 17.3 Å². The quantitative estimate of drug-likeness (QED) is 0.718. The number of pyridine rings is 1. The summed E-state index contributed by atoms with van der Waals surface area (Å²) in [4.78, 5) is 14.4. The van der Waals surface area contributed by atoms with E-state index in [0.717, 1.165) is 0 Å². The molecule has 0 fully saturated rings. The summed E-state index contributed by atoms with van der Waals surface area (Å²) in [5.74, 6) is 0.744. The second kappa shape index (κ2) is 6.93. The van der Waals surface area contributed by atoms with Gasteiger partial charge in [-0.25, -0.2) is 14.2 Å². The number of carboxylic acid groups (broad SMARTS) is 1. The molecular weight excluding hydrogens is 283 g/mol. The maximum Gasteiger partial charge on any atom is 0.404 e. The molecule has 0 spiro atoms. The lowest BCUT2D eigenvalue weighted by atomic mass is 10.3. The van der Waals surface area contributed by atoms with E-state index in [1.54, 1.807) is 12.1 Å². The van der Waals surface area contributed by atoms with E-state index in [4.69, 9.17) is 9.84 Å². The Morgan fingerprint density at radius 2 is 2.38 bits per heavy atom. The van der Waals surface area contributed by atoms with Crippen molar-refractivity contribution in [1.82, 2.24) is 30.9 Å². The predicted molar refractivity (Wildman–Crippen MR) is 68.1 cm³/mol. The number of aromatic nitrogens is 5. The molecule has 110 valence electrons. The number of rotatable bonds is 6. The van der Waals surface area contributed by atoms with Crippen LogP contribution in [0.4, 0.5) is 9.18 Å². The van der Waals surface area contributed by atoms with Gasteiger partial charge in [0, 0.05) is 12.1 Å². The van der Waals surface area contributed by atoms with Crippen molar-refractivity contribution < 1.29 is 19.0 Å². The van der Waals surface area contributed by atoms with Crippen LogP contribution in [0.2, 0.25) is 0 Å². The molecule has 2 heterocycles. The van der Waals surface area contributed by atoms with Crippen molar-refractivity contribution in [3.8, 4) is 17.3 Å². The Kier molecular flexibility index (Phi) is 4.75. The smallest absolute Gasteiger partial charge is 0.404 e. The molecule has 10 heteroatoms. The number of amides is 1. The Balaban J connectivity index is 1.90. The Bertz CT molecular complexity index is 613. The van der Waals surface area contributed by atoms with Gasteiger partial charge in [-0.3, -0.25) is 0 Å². The second-order valence-corrected chi connectivity index (χ2v) is 3.83. The van der Waals surface area contributed by atoms with Gasteiger partial charge >= 0.3 is 6.09 Å². The van der Waals surface area contributed by atoms with E-state index < -0.39 is 6.09 Å². The maximum atomic E-state index is 12.5. The number of aromatic amines is 1. The average molecular weight is 294 g/mol. The number of carbonyl (C=O) groups is 1. The number of hydrogen-bond donors (Lipinski definition) is 3. The minimum atomic E-state index is -1.24. The number of halogens is 1. The SMILES string of the molecule is O=C(O)NCC(=CF)COc1ccc(-c2nn[nH]n2)nc1. The Morgan fingerprint density at radius 3 is 2.95 bits per heavy atom. The number of nitrogens with one attached hydrogen (secondary N) is 2. The van der Waals surface area contributed by atoms with Gasteiger partial charge < -0.3 is 15.2 Å². The fraction of sp³-hybridized carbons (Fsp3) is 0.182. The maximum absolute atomic E-state index is 12.5. The third-order valence-corrected chi connectivity index (χ3v) is 2.36. The van der Waals surface area contributed by atoms with E-state index in [1.165, 1.54) is 6.20 Å². The van der Waals surface area contributed by atoms with Crippen LogP contribution >= 0.6 is 0 Å². The summed E-state index contributed by atoms with van der Waals surface area (Å²) >= 11 is 0. The van der Waals surface area contributed by atoms with Crippen LogP contribution in [0.3, 0.4) is 0 Å². The minimum Gasteiger partial charge on any atom is -0.487 e. The molecule has 0 radical (unpaired) electrons. The van der Waals surface area contributed by atoms with Gasteiger partial charge in [0.2, 0.25) is 5.82 Å². The largest absolute Gasteiger partial charge is 0.487 e. The molecule has 0 bridgehead atoms. The predicted octanol–water partition coefficient (Wildman–Crippen LogP) is 0.761. The van der Waals surface area contributed by atoms with Crippen LogP contribution in [0, 0.1) is 0 Å². The van der Waals surface area contributed by atoms with Gasteiger partial charge in [-0.2, -0.15) is 5.21 Å². The van der Waals surface area contributed by atoms with Crippen molar-refractivity contribution in [1.29, 1.82) is 0 Å². The molecule has 0 saturated carbocycles. The molecule has 2 aromatic rings. The van der Waals surface area contributed by atoms with Gasteiger partial charge in [0.05, 0.1) is 12.5 Å². The highest BCUT2D eigenvalue weighted by atomic mass is 19.1. The molecule has 1 amide bonds. The monoisotopic (exact) mass is 294 g/mol. The van der Waals surface area contributed by atoms with Crippen LogP contribution < -0.4 is 10.1 Å². The van der Waals surface area contributed by atoms with Crippen LogP contribution in [0.25, 0.3) is 11.5 Å². The lowest BCUT2D eigenvalue weighted by Crippen LogP contribution is -2.25. The molecule has 2 aromatic heterocycles. The number of ether oxygens (including phenoxy) is 1. The third kappa shape index (κ3) is 4.23. The Hall–Kier alpha value is -3.04. The van der Waals surface area contributed by atoms with Crippen molar-refractivity contribution >= 4 is 6.09 Å². The van der Waals surface area contributed by atoms with Crippen LogP contribution in [-0.4, -0.2) is 50.0 Å². The molecule has 0 saturated heterocycles. The van der Waals surface area contributed by atoms with E-state index in [-0.39, 0.29) is 18.7 Å². The first-order valence-corrected chi connectivity index (χ1v) is 5.76. The lowest BCUT2D eigenvalue weighted by molar-refractivity contribution is 0.195. The van der Waals surface area contributed by atoms with Crippen LogP contribution in [0.1, 0.15) is 0 Å². The van der Waals surface area contributed by atoms with E-state index in [1.807, 2.05) is 5.32 Å². The van der Waals surface area contributed by atoms with Crippen molar-refractivity contribution in [3.05, 3.63) is 30.2 Å². The second-order valence-electron chi connectivity index (χ2n) is 3.83. The molecule has 0 aliphatic carbocycles. The summed E-state index contributed by atoms with van der Waals surface area (Å²) in [5.41, 5.74) is 0.657. The van der Waals surface area contributed by atoms with Gasteiger partial charge in [0.25, 0.3) is 0 Å². The topological polar surface area (TPSA) is 126 Å². The number of tetrazole rings is 1. The van der Waals surface area contributed by atoms with E-state index in [9.17, 15) is 9.18 Å². The summed E-state index contributed by atoms with van der Waals surface area (Å²) < 4.78 is 17.8. The van der Waals surface area contributed by atoms with Gasteiger partial charge in [0.1, 0.15) is 18.1 Å². The molecule has 3 N–H and O–H groups in total. The zero-order chi connectivity index (χ0) is 15.1. The average Bonchev–Trinajstić information content (AvgIpc) is 3.02. The van der Waals surface area contributed by atoms with E-state index in [0.29, 0.717) is 23.6 Å². The van der Waals surface area contributed by atoms with Crippen molar-refractivity contribution in [2.75, 3.05) is 13.2 Å². The third-order valence-electron chi connectivity index (χ3n) is 2.36. The summed E-state index contributed by atoms with van der Waals surface area (Å²) in [7, 11) is 0. The van der Waals surface area contributed by atoms with Crippen molar-refractivity contribution in [2.24, 2.45) is 0 Å². The number of nitrogens with zero attached hydrogens (tertiary/aromatic N) is 4. The Labute approximate surface area is 117 Å². The molecule has 0 aliphatic heterocycles. The number of H-pyrrole nitrogens is 1. The van der Waals surface area contributed by atoms with Gasteiger partial charge in [0.15, 0.2) is 0 Å². The standard InChI is InChI=1S/C11H11FN6O3/c12-3-7(4-14-11(19)20)6-21-8-1-2-9(13-5-8)10-15-17-18-16-10/h1-3,5,14H,4,6H2,(H,19,20)(H,15,16,17,18). The first-order valence-electron chi connectivity index (χ1n) is 5.76. The molecule has 0 aliphatic rings. The summed E-state index contributed by atoms with van der Waals surface area (Å²) in [6.07, 6.45) is 0.490. The first kappa shape index (κ1) is 14.4. The number of hydrogen-bond acceptors (Lipinski definition) is 6. The zero-order valence-corrected chi connectivity index (χ0v) is 10.7. The van der Waals surface area contributed by atoms with Gasteiger partial charge in [-0.1, -0.05) is 0 Å². The molecular formula is C11H11FN6O3. The summed E-state index contributed by atoms with van der Waals surface area (Å²) in [6, 6.07) is 3.23. The molecule has 0 atom stereocenters. The summed E-state index contributed by atoms with van der Waals surface area (Å²) in [6.45, 7) is -0.250. The van der Waals surface area contributed by atoms with E-state index >= 15 is 0 Å². The summed E-state index contributed by atoms with van der Waals surface area (Å²) in [5, 5.41) is 23.7. The normalized spacial score (nSPS) is 11.2. The van der Waals surface area contributed by atoms with Crippen LogP contribution in [-0.2, 0) is 0 Å². The van der Waals surface area contributed by atoms with Crippen LogP contribution in [0.5, 0.6) is 5.75 Å². The molecule has 9 nitrogen and oxygen atoms in total. The first-order chi connectivity index (χ1) is 10.2. The van der Waals surface area contributed by atoms with Crippen LogP contribution in [0.15, 0.2) is 30.2 Å². The highest BCUT2D eigenvalue weighted by molar-refractivity contribution is 5.64. The van der Waals surface area contributed by atoms with Crippen molar-refractivity contribution in [2.45, 2.75) is 0 Å². The molecule has 2 rings (SSSR count). The molecule has 21 heavy (non-hydrogen) atoms. The lowest BCUT2D eigenvalue weighted by Gasteiger charge is -2.08. The minimum absolute atomic E-state index is 0.0972.